The van der Waals surface area contributed by atoms with Gasteiger partial charge in [0.2, 0.25) is 10.0 Å². The molecule has 4 N–H and O–H groups in total. The molecule has 3 heterocycles. The molecule has 1 aliphatic rings. The average molecular weight is 613 g/mol. The molecule has 0 bridgehead atoms. The molecule has 0 saturated heterocycles. The van der Waals surface area contributed by atoms with Gasteiger partial charge < -0.3 is 15.2 Å². The third kappa shape index (κ3) is 7.33. The highest BCUT2D eigenvalue weighted by Gasteiger charge is 2.22. The summed E-state index contributed by atoms with van der Waals surface area (Å²) in [7, 11) is -3.82. The zero-order valence-electron chi connectivity index (χ0n) is 22.9. The van der Waals surface area contributed by atoms with E-state index < -0.39 is 29.3 Å². The van der Waals surface area contributed by atoms with Crippen molar-refractivity contribution in [2.24, 2.45) is 0 Å². The topological polar surface area (TPSA) is 119 Å². The third-order valence-corrected chi connectivity index (χ3v) is 8.87. The van der Waals surface area contributed by atoms with Crippen LogP contribution in [0.3, 0.4) is 0 Å². The summed E-state index contributed by atoms with van der Waals surface area (Å²) in [4.78, 5) is 10.1. The fourth-order valence-electron chi connectivity index (χ4n) is 5.04. The van der Waals surface area contributed by atoms with E-state index in [1.807, 2.05) is 18.3 Å². The molecule has 0 saturated carbocycles. The van der Waals surface area contributed by atoms with Gasteiger partial charge in [0.1, 0.15) is 5.82 Å². The average Bonchev–Trinajstić information content (AvgIpc) is 3.45. The van der Waals surface area contributed by atoms with E-state index >= 15 is 0 Å². The molecule has 0 amide bonds. The number of aliphatic hydroxyl groups excluding tert-OH is 2. The van der Waals surface area contributed by atoms with E-state index in [0.29, 0.717) is 0 Å². The lowest BCUT2D eigenvalue weighted by Gasteiger charge is -2.26. The van der Waals surface area contributed by atoms with Crippen molar-refractivity contribution < 1.29 is 23.0 Å². The molecule has 0 fully saturated rings. The Kier molecular flexibility index (Phi) is 10.7. The minimum atomic E-state index is -3.82. The van der Waals surface area contributed by atoms with Crippen molar-refractivity contribution in [3.8, 4) is 22.4 Å². The first-order valence-corrected chi connectivity index (χ1v) is 15.0. The molecule has 0 spiro atoms. The summed E-state index contributed by atoms with van der Waals surface area (Å²) >= 11 is 0. The zero-order valence-corrected chi connectivity index (χ0v) is 24.5. The summed E-state index contributed by atoms with van der Waals surface area (Å²) in [5, 5.41) is 18.3. The number of nitrogens with one attached hydrogen (secondary N) is 2. The van der Waals surface area contributed by atoms with Crippen molar-refractivity contribution in [3.05, 3.63) is 102 Å². The van der Waals surface area contributed by atoms with E-state index in [9.17, 15) is 12.8 Å². The van der Waals surface area contributed by atoms with Gasteiger partial charge in [0.25, 0.3) is 0 Å². The fraction of sp³-hybridized carbons (Fsp3) is 0.258. The summed E-state index contributed by atoms with van der Waals surface area (Å²) in [6, 6.07) is 16.2. The maximum atomic E-state index is 13.6. The molecule has 8 nitrogen and oxygen atoms in total. The number of aliphatic hydroxyl groups is 2. The minimum absolute atomic E-state index is 0. The number of aromatic amines is 1. The molecule has 0 unspecified atom stereocenters. The normalized spacial score (nSPS) is 14.0. The lowest BCUT2D eigenvalue weighted by atomic mass is 9.92. The second-order valence-corrected chi connectivity index (χ2v) is 11.8. The van der Waals surface area contributed by atoms with Crippen LogP contribution in [-0.2, 0) is 16.4 Å². The van der Waals surface area contributed by atoms with Crippen molar-refractivity contribution in [2.45, 2.75) is 23.8 Å². The van der Waals surface area contributed by atoms with Crippen LogP contribution in [0.15, 0.2) is 90.2 Å². The molecule has 0 radical (unpaired) electrons. The maximum Gasteiger partial charge on any atom is 0.240 e. The molecular weight excluding hydrogens is 579 g/mol. The smallest absolute Gasteiger partial charge is 0.240 e. The molecule has 1 aliphatic heterocycles. The Morgan fingerprint density at radius 1 is 0.976 bits per heavy atom. The van der Waals surface area contributed by atoms with E-state index in [0.717, 1.165) is 66.0 Å². The number of halogens is 2. The zero-order chi connectivity index (χ0) is 28.8. The van der Waals surface area contributed by atoms with Gasteiger partial charge in [0.05, 0.1) is 29.8 Å². The first-order chi connectivity index (χ1) is 19.9. The fourth-order valence-corrected chi connectivity index (χ4v) is 6.26. The van der Waals surface area contributed by atoms with Gasteiger partial charge in [0, 0.05) is 49.4 Å². The molecule has 2 aromatic heterocycles. The minimum Gasteiger partial charge on any atom is -0.395 e. The van der Waals surface area contributed by atoms with Crippen LogP contribution in [0.2, 0.25) is 0 Å². The van der Waals surface area contributed by atoms with Crippen LogP contribution >= 0.6 is 12.4 Å². The highest BCUT2D eigenvalue weighted by atomic mass is 35.5. The number of aromatic nitrogens is 2. The molecule has 222 valence electrons. The first kappa shape index (κ1) is 31.6. The quantitative estimate of drug-likeness (QED) is 0.201. The van der Waals surface area contributed by atoms with Crippen LogP contribution in [-0.4, -0.2) is 72.4 Å². The van der Waals surface area contributed by atoms with E-state index in [1.54, 1.807) is 48.8 Å². The number of rotatable bonds is 11. The van der Waals surface area contributed by atoms with Crippen LogP contribution < -0.4 is 4.72 Å². The molecule has 2 aromatic carbocycles. The summed E-state index contributed by atoms with van der Waals surface area (Å²) < 4.78 is 40.8. The Bertz CT molecular complexity index is 1590. The molecule has 0 aliphatic carbocycles. The number of pyridine rings is 1. The SMILES string of the molecule is Cl.O=S(=O)(NC(CO)CO)c1ccc(CCN2CC=C(c3c[nH]c(-c4ccc(F)cc4)c3-c3ccncc3)CC2)cc1. The van der Waals surface area contributed by atoms with Gasteiger partial charge in [-0.1, -0.05) is 18.2 Å². The van der Waals surface area contributed by atoms with Crippen molar-refractivity contribution >= 4 is 28.0 Å². The van der Waals surface area contributed by atoms with Crippen LogP contribution in [0.25, 0.3) is 28.0 Å². The van der Waals surface area contributed by atoms with Crippen LogP contribution in [0.4, 0.5) is 4.39 Å². The van der Waals surface area contributed by atoms with Gasteiger partial charge in [-0.3, -0.25) is 9.88 Å². The largest absolute Gasteiger partial charge is 0.395 e. The van der Waals surface area contributed by atoms with Gasteiger partial charge in [-0.2, -0.15) is 0 Å². The van der Waals surface area contributed by atoms with Crippen molar-refractivity contribution in [2.75, 3.05) is 32.8 Å². The number of hydrogen-bond donors (Lipinski definition) is 4. The van der Waals surface area contributed by atoms with E-state index in [1.165, 1.54) is 17.7 Å². The number of nitrogens with zero attached hydrogens (tertiary/aromatic N) is 2. The standard InChI is InChI=1S/C31H33FN4O4S.ClH/c32-26-5-3-25(4-6-26)31-30(24-9-14-33-15-10-24)29(19-34-31)23-12-17-36(18-13-23)16-11-22-1-7-28(8-2-22)41(39,40)35-27(20-37)21-38;/h1-10,12,14-15,19,27,34-35,37-38H,11,13,16-18,20-21H2;1H. The predicted molar refractivity (Wildman–Crippen MR) is 164 cm³/mol. The van der Waals surface area contributed by atoms with Crippen LogP contribution in [0, 0.1) is 5.82 Å². The van der Waals surface area contributed by atoms with Gasteiger partial charge in [-0.25, -0.2) is 17.5 Å². The maximum absolute atomic E-state index is 13.6. The third-order valence-electron chi connectivity index (χ3n) is 7.33. The summed E-state index contributed by atoms with van der Waals surface area (Å²) in [5.41, 5.74) is 7.38. The van der Waals surface area contributed by atoms with Crippen LogP contribution in [0.1, 0.15) is 17.5 Å². The van der Waals surface area contributed by atoms with Crippen LogP contribution in [0.5, 0.6) is 0 Å². The molecule has 5 rings (SSSR count). The number of hydrogen-bond acceptors (Lipinski definition) is 6. The van der Waals surface area contributed by atoms with E-state index in [-0.39, 0.29) is 23.1 Å². The Morgan fingerprint density at radius 2 is 1.67 bits per heavy atom. The number of benzene rings is 2. The van der Waals surface area contributed by atoms with E-state index in [2.05, 4.69) is 25.7 Å². The number of H-pyrrole nitrogens is 1. The molecular formula is C31H34ClFN4O4S. The van der Waals surface area contributed by atoms with Gasteiger partial charge >= 0.3 is 0 Å². The molecule has 0 atom stereocenters. The summed E-state index contributed by atoms with van der Waals surface area (Å²) in [5.74, 6) is -0.270. The van der Waals surface area contributed by atoms with Crippen molar-refractivity contribution in [1.29, 1.82) is 0 Å². The van der Waals surface area contributed by atoms with Gasteiger partial charge in [-0.15, -0.1) is 12.4 Å². The predicted octanol–water partition coefficient (Wildman–Crippen LogP) is 4.27. The second-order valence-electron chi connectivity index (χ2n) is 10.1. The monoisotopic (exact) mass is 612 g/mol. The Morgan fingerprint density at radius 3 is 2.29 bits per heavy atom. The number of sulfonamides is 1. The summed E-state index contributed by atoms with van der Waals surface area (Å²) in [6.07, 6.45) is 9.48. The summed E-state index contributed by atoms with van der Waals surface area (Å²) in [6.45, 7) is 1.55. The molecule has 4 aromatic rings. The Balaban J connectivity index is 0.00000405. The lowest BCUT2D eigenvalue weighted by Crippen LogP contribution is -2.39. The highest BCUT2D eigenvalue weighted by molar-refractivity contribution is 7.89. The molecule has 11 heteroatoms. The first-order valence-electron chi connectivity index (χ1n) is 13.5. The Hall–Kier alpha value is -3.38. The molecule has 42 heavy (non-hydrogen) atoms. The van der Waals surface area contributed by atoms with Crippen molar-refractivity contribution in [3.63, 3.8) is 0 Å². The van der Waals surface area contributed by atoms with E-state index in [4.69, 9.17) is 10.2 Å². The van der Waals surface area contributed by atoms with Gasteiger partial charge in [0.15, 0.2) is 0 Å². The van der Waals surface area contributed by atoms with Crippen molar-refractivity contribution in [1.82, 2.24) is 19.6 Å². The highest BCUT2D eigenvalue weighted by Crippen LogP contribution is 2.39. The Labute approximate surface area is 251 Å². The van der Waals surface area contributed by atoms with Gasteiger partial charge in [-0.05, 0) is 83.6 Å². The lowest BCUT2D eigenvalue weighted by molar-refractivity contribution is 0.185. The second kappa shape index (κ2) is 14.2.